The van der Waals surface area contributed by atoms with Crippen LogP contribution in [0.4, 0.5) is 0 Å². The molecule has 13 rings (SSSR count). The maximum Gasteiger partial charge on any atom is 0.137 e. The van der Waals surface area contributed by atoms with E-state index in [4.69, 9.17) is 11.6 Å². The van der Waals surface area contributed by atoms with Crippen molar-refractivity contribution in [3.05, 3.63) is 194 Å². The minimum absolute atomic E-state index is 0.110. The number of nitrogens with zero attached hydrogens (tertiary/aromatic N) is 2. The number of furan rings is 2. The van der Waals surface area contributed by atoms with E-state index in [1.165, 1.54) is 0 Å². The highest BCUT2D eigenvalue weighted by Gasteiger charge is 2.20. The first kappa shape index (κ1) is 25.4. The lowest BCUT2D eigenvalue weighted by Crippen LogP contribution is -1.94. The standard InChI is InChI=1S/C54H32N2O2/c1-2-11-33(12-3-1)38-16-10-18-49-54(38)45-30-35(22-28-48(45)56(49)37-24-26-43-41-15-6-9-20-51(41)58-53(43)32-37)34-21-27-47-44(29-34)39-13-4-7-17-46(39)55(47)36-23-25-42-40-14-5-8-19-50(40)57-52(42)31-36/h1-32H/i4D,7D,13D,17D,21D,27D,29D. The molecule has 0 spiro atoms. The zero-order valence-corrected chi connectivity index (χ0v) is 30.6. The fourth-order valence-electron chi connectivity index (χ4n) is 8.99. The first-order valence-electron chi connectivity index (χ1n) is 22.7. The van der Waals surface area contributed by atoms with Crippen molar-refractivity contribution in [2.75, 3.05) is 0 Å². The molecule has 0 radical (unpaired) electrons. The lowest BCUT2D eigenvalue weighted by atomic mass is 9.97. The van der Waals surface area contributed by atoms with Gasteiger partial charge in [0.05, 0.1) is 31.7 Å². The lowest BCUT2D eigenvalue weighted by molar-refractivity contribution is 0.668. The molecule has 4 heterocycles. The van der Waals surface area contributed by atoms with Gasteiger partial charge in [0, 0.05) is 66.6 Å². The van der Waals surface area contributed by atoms with Crippen molar-refractivity contribution in [3.63, 3.8) is 0 Å². The van der Waals surface area contributed by atoms with E-state index in [1.54, 1.807) is 10.6 Å². The summed E-state index contributed by atoms with van der Waals surface area (Å²) in [5, 5.41) is 5.97. The largest absolute Gasteiger partial charge is 0.456 e. The third-order valence-electron chi connectivity index (χ3n) is 11.6. The Kier molecular flexibility index (Phi) is 5.18. The molecular formula is C54H32N2O2. The zero-order valence-electron chi connectivity index (χ0n) is 37.6. The van der Waals surface area contributed by atoms with Gasteiger partial charge in [-0.1, -0.05) is 109 Å². The molecular weight excluding hydrogens is 709 g/mol. The van der Waals surface area contributed by atoms with Crippen molar-refractivity contribution in [2.24, 2.45) is 0 Å². The van der Waals surface area contributed by atoms with Gasteiger partial charge in [-0.15, -0.1) is 0 Å². The number of aromatic nitrogens is 2. The van der Waals surface area contributed by atoms with Gasteiger partial charge in [-0.2, -0.15) is 0 Å². The van der Waals surface area contributed by atoms with Gasteiger partial charge in [0.2, 0.25) is 0 Å². The van der Waals surface area contributed by atoms with Crippen molar-refractivity contribution in [2.45, 2.75) is 0 Å². The maximum atomic E-state index is 9.97. The number of rotatable bonds is 4. The molecule has 0 aliphatic rings. The average molecular weight is 748 g/mol. The summed E-state index contributed by atoms with van der Waals surface area (Å²) in [7, 11) is 0. The minimum Gasteiger partial charge on any atom is -0.456 e. The molecule has 4 nitrogen and oxygen atoms in total. The monoisotopic (exact) mass is 747 g/mol. The molecule has 4 heteroatoms. The Hall–Kier alpha value is -7.82. The van der Waals surface area contributed by atoms with E-state index in [9.17, 15) is 6.85 Å². The first-order chi connectivity index (χ1) is 31.7. The Labute approximate surface area is 341 Å². The number of fused-ring (bicyclic) bond motifs is 12. The van der Waals surface area contributed by atoms with Gasteiger partial charge in [-0.25, -0.2) is 0 Å². The van der Waals surface area contributed by atoms with Gasteiger partial charge < -0.3 is 18.0 Å². The van der Waals surface area contributed by atoms with Crippen LogP contribution in [0.1, 0.15) is 9.60 Å². The molecule has 58 heavy (non-hydrogen) atoms. The summed E-state index contributed by atoms with van der Waals surface area (Å²) in [4.78, 5) is 0. The summed E-state index contributed by atoms with van der Waals surface area (Å²) >= 11 is 0. The van der Waals surface area contributed by atoms with E-state index in [2.05, 4.69) is 53.1 Å². The molecule has 0 unspecified atom stereocenters. The predicted molar refractivity (Wildman–Crippen MR) is 241 cm³/mol. The summed E-state index contributed by atoms with van der Waals surface area (Å²) in [6, 6.07) is 47.7. The van der Waals surface area contributed by atoms with Gasteiger partial charge in [0.25, 0.3) is 0 Å². The summed E-state index contributed by atoms with van der Waals surface area (Å²) in [5.41, 5.74) is 9.04. The van der Waals surface area contributed by atoms with Crippen molar-refractivity contribution < 1.29 is 18.4 Å². The van der Waals surface area contributed by atoms with Crippen LogP contribution >= 0.6 is 0 Å². The predicted octanol–water partition coefficient (Wildman–Crippen LogP) is 15.0. The fourth-order valence-corrected chi connectivity index (χ4v) is 8.99. The van der Waals surface area contributed by atoms with Crippen LogP contribution in [0.2, 0.25) is 0 Å². The first-order valence-corrected chi connectivity index (χ1v) is 19.2. The highest BCUT2D eigenvalue weighted by Crippen LogP contribution is 2.43. The molecule has 0 saturated carbocycles. The van der Waals surface area contributed by atoms with Crippen LogP contribution in [0.25, 0.3) is 121 Å². The number of hydrogen-bond donors (Lipinski definition) is 0. The molecule has 0 bridgehead atoms. The molecule has 9 aromatic carbocycles. The molecule has 270 valence electrons. The van der Waals surface area contributed by atoms with E-state index in [1.807, 2.05) is 97.1 Å². The van der Waals surface area contributed by atoms with Crippen molar-refractivity contribution in [3.8, 4) is 33.6 Å². The minimum atomic E-state index is -0.444. The fraction of sp³-hybridized carbons (Fsp3) is 0. The van der Waals surface area contributed by atoms with Gasteiger partial charge in [0.15, 0.2) is 0 Å². The summed E-state index contributed by atoms with van der Waals surface area (Å²) in [5.74, 6) is 0. The SMILES string of the molecule is [2H]c1c([2H])c([2H])c2c(c1[2H])c1c([2H])c(-c3ccc4c(c3)c3c(-c5ccccc5)cccc3n4-c3ccc4c(c3)oc3ccccc34)c([2H])c([2H])c1n2-c1ccc2c(c1)oc1ccccc12. The molecule has 0 atom stereocenters. The van der Waals surface area contributed by atoms with Gasteiger partial charge in [0.1, 0.15) is 22.3 Å². The highest BCUT2D eigenvalue weighted by molar-refractivity contribution is 6.17. The third-order valence-corrected chi connectivity index (χ3v) is 11.6. The van der Waals surface area contributed by atoms with Crippen molar-refractivity contribution >= 4 is 87.5 Å². The molecule has 0 saturated heterocycles. The van der Waals surface area contributed by atoms with Crippen LogP contribution in [0.3, 0.4) is 0 Å². The van der Waals surface area contributed by atoms with E-state index in [-0.39, 0.29) is 57.6 Å². The van der Waals surface area contributed by atoms with Gasteiger partial charge in [-0.05, 0) is 95.0 Å². The Morgan fingerprint density at radius 2 is 1.00 bits per heavy atom. The van der Waals surface area contributed by atoms with Crippen molar-refractivity contribution in [1.82, 2.24) is 9.13 Å². The Morgan fingerprint density at radius 3 is 1.74 bits per heavy atom. The lowest BCUT2D eigenvalue weighted by Gasteiger charge is -2.09. The second-order valence-electron chi connectivity index (χ2n) is 14.7. The smallest absolute Gasteiger partial charge is 0.137 e. The molecule has 0 fully saturated rings. The van der Waals surface area contributed by atoms with Crippen LogP contribution in [0, 0.1) is 0 Å². The second-order valence-corrected chi connectivity index (χ2v) is 14.7. The van der Waals surface area contributed by atoms with Crippen LogP contribution in [-0.2, 0) is 0 Å². The zero-order chi connectivity index (χ0) is 44.0. The quantitative estimate of drug-likeness (QED) is 0.180. The normalized spacial score (nSPS) is 13.8. The number of benzene rings is 9. The summed E-state index contributed by atoms with van der Waals surface area (Å²) in [6.45, 7) is 0. The molecule has 0 N–H and O–H groups in total. The van der Waals surface area contributed by atoms with E-state index in [0.717, 1.165) is 71.3 Å². The summed E-state index contributed by atoms with van der Waals surface area (Å²) < 4.78 is 81.6. The van der Waals surface area contributed by atoms with Gasteiger partial charge >= 0.3 is 0 Å². The van der Waals surface area contributed by atoms with Crippen LogP contribution in [0.5, 0.6) is 0 Å². The maximum absolute atomic E-state index is 9.97. The van der Waals surface area contributed by atoms with Crippen molar-refractivity contribution in [1.29, 1.82) is 0 Å². The number of hydrogen-bond acceptors (Lipinski definition) is 2. The molecule has 0 amide bonds. The Balaban J connectivity index is 1.10. The molecule has 13 aromatic rings. The highest BCUT2D eigenvalue weighted by atomic mass is 16.3. The van der Waals surface area contributed by atoms with E-state index >= 15 is 0 Å². The second kappa shape index (κ2) is 11.8. The van der Waals surface area contributed by atoms with Crippen LogP contribution < -0.4 is 0 Å². The van der Waals surface area contributed by atoms with Crippen LogP contribution in [-0.4, -0.2) is 9.13 Å². The molecule has 4 aromatic heterocycles. The number of para-hydroxylation sites is 3. The summed E-state index contributed by atoms with van der Waals surface area (Å²) in [6.07, 6.45) is 0. The third kappa shape index (κ3) is 4.45. The molecule has 0 aliphatic carbocycles. The Bertz CT molecular complexity index is 4220. The van der Waals surface area contributed by atoms with E-state index < -0.39 is 12.1 Å². The Morgan fingerprint density at radius 1 is 0.362 bits per heavy atom. The van der Waals surface area contributed by atoms with E-state index in [0.29, 0.717) is 22.4 Å². The topological polar surface area (TPSA) is 36.1 Å². The van der Waals surface area contributed by atoms with Crippen LogP contribution in [0.15, 0.2) is 203 Å². The average Bonchev–Trinajstić information content (AvgIpc) is 4.09. The van der Waals surface area contributed by atoms with Gasteiger partial charge in [-0.3, -0.25) is 0 Å². The molecule has 0 aliphatic heterocycles.